The van der Waals surface area contributed by atoms with Crippen molar-refractivity contribution >= 4 is 11.6 Å². The van der Waals surface area contributed by atoms with Gasteiger partial charge in [-0.3, -0.25) is 0 Å². The van der Waals surface area contributed by atoms with Crippen molar-refractivity contribution in [3.63, 3.8) is 0 Å². The highest BCUT2D eigenvalue weighted by Gasteiger charge is 2.01. The molecule has 1 aromatic heterocycles. The lowest BCUT2D eigenvalue weighted by molar-refractivity contribution is 0.758. The van der Waals surface area contributed by atoms with Crippen LogP contribution >= 0.6 is 0 Å². The van der Waals surface area contributed by atoms with Crippen molar-refractivity contribution in [3.05, 3.63) is 12.4 Å². The summed E-state index contributed by atoms with van der Waals surface area (Å²) < 4.78 is 0. The first-order valence-corrected chi connectivity index (χ1v) is 5.73. The van der Waals surface area contributed by atoms with Gasteiger partial charge < -0.3 is 16.0 Å². The van der Waals surface area contributed by atoms with E-state index in [9.17, 15) is 0 Å². The van der Waals surface area contributed by atoms with Gasteiger partial charge in [0.1, 0.15) is 18.0 Å². The Kier molecular flexibility index (Phi) is 5.56. The van der Waals surface area contributed by atoms with E-state index in [0.717, 1.165) is 31.1 Å². The Morgan fingerprint density at radius 1 is 1.25 bits per heavy atom. The molecule has 1 aromatic rings. The lowest BCUT2D eigenvalue weighted by Crippen LogP contribution is -2.19. The van der Waals surface area contributed by atoms with E-state index >= 15 is 0 Å². The summed E-state index contributed by atoms with van der Waals surface area (Å²) in [4.78, 5) is 8.33. The van der Waals surface area contributed by atoms with Crippen LogP contribution in [0.4, 0.5) is 11.6 Å². The van der Waals surface area contributed by atoms with Gasteiger partial charge in [0.25, 0.3) is 0 Å². The van der Waals surface area contributed by atoms with Gasteiger partial charge in [0.15, 0.2) is 0 Å². The van der Waals surface area contributed by atoms with Crippen LogP contribution in [-0.2, 0) is 0 Å². The average molecular weight is 223 g/mol. The molecule has 0 aliphatic rings. The molecule has 5 heteroatoms. The second kappa shape index (κ2) is 7.00. The molecule has 16 heavy (non-hydrogen) atoms. The van der Waals surface area contributed by atoms with Crippen LogP contribution in [0.2, 0.25) is 0 Å². The normalized spacial score (nSPS) is 12.2. The molecule has 0 bridgehead atoms. The first-order chi connectivity index (χ1) is 7.76. The lowest BCUT2D eigenvalue weighted by Gasteiger charge is -2.12. The fourth-order valence-electron chi connectivity index (χ4n) is 1.20. The van der Waals surface area contributed by atoms with E-state index in [1.54, 1.807) is 6.33 Å². The maximum absolute atomic E-state index is 4.18. The molecule has 1 heterocycles. The molecular weight excluding hydrogens is 202 g/mol. The summed E-state index contributed by atoms with van der Waals surface area (Å²) in [5.74, 6) is 1.73. The molecule has 0 aliphatic heterocycles. The van der Waals surface area contributed by atoms with Gasteiger partial charge in [0, 0.05) is 25.2 Å². The van der Waals surface area contributed by atoms with E-state index in [-0.39, 0.29) is 0 Å². The maximum Gasteiger partial charge on any atom is 0.131 e. The molecule has 0 radical (unpaired) electrons. The Labute approximate surface area is 97.1 Å². The van der Waals surface area contributed by atoms with Crippen molar-refractivity contribution in [2.75, 3.05) is 30.8 Å². The molecule has 0 amide bonds. The van der Waals surface area contributed by atoms with Crippen LogP contribution in [0, 0.1) is 0 Å². The standard InChI is InChI=1S/C11H21N5/c1-4-9(2)16-11-7-10(14-8-15-11)13-6-5-12-3/h7-9,12H,4-6H2,1-3H3,(H2,13,14,15,16). The van der Waals surface area contributed by atoms with Gasteiger partial charge in [0.05, 0.1) is 0 Å². The van der Waals surface area contributed by atoms with Gasteiger partial charge in [0.2, 0.25) is 0 Å². The highest BCUT2D eigenvalue weighted by molar-refractivity contribution is 5.46. The van der Waals surface area contributed by atoms with E-state index in [4.69, 9.17) is 0 Å². The van der Waals surface area contributed by atoms with Crippen molar-refractivity contribution in [3.8, 4) is 0 Å². The van der Waals surface area contributed by atoms with Crippen molar-refractivity contribution in [2.45, 2.75) is 26.3 Å². The third-order valence-electron chi connectivity index (χ3n) is 2.35. The zero-order valence-electron chi connectivity index (χ0n) is 10.2. The molecule has 0 spiro atoms. The fraction of sp³-hybridized carbons (Fsp3) is 0.636. The number of rotatable bonds is 7. The molecule has 0 saturated carbocycles. The number of likely N-dealkylation sites (N-methyl/N-ethyl adjacent to an activating group) is 1. The van der Waals surface area contributed by atoms with E-state index in [1.807, 2.05) is 13.1 Å². The van der Waals surface area contributed by atoms with Gasteiger partial charge >= 0.3 is 0 Å². The Hall–Kier alpha value is -1.36. The molecule has 0 fully saturated rings. The second-order valence-corrected chi connectivity index (χ2v) is 3.77. The molecule has 5 nitrogen and oxygen atoms in total. The lowest BCUT2D eigenvalue weighted by atomic mass is 10.2. The average Bonchev–Trinajstić information content (AvgIpc) is 2.30. The van der Waals surface area contributed by atoms with Gasteiger partial charge in [-0.1, -0.05) is 6.92 Å². The van der Waals surface area contributed by atoms with E-state index in [0.29, 0.717) is 6.04 Å². The molecule has 1 rings (SSSR count). The Morgan fingerprint density at radius 2 is 2.00 bits per heavy atom. The predicted molar refractivity (Wildman–Crippen MR) is 67.8 cm³/mol. The number of nitrogens with one attached hydrogen (secondary N) is 3. The Morgan fingerprint density at radius 3 is 2.69 bits per heavy atom. The van der Waals surface area contributed by atoms with E-state index in [1.165, 1.54) is 0 Å². The van der Waals surface area contributed by atoms with Gasteiger partial charge in [-0.05, 0) is 20.4 Å². The van der Waals surface area contributed by atoms with Crippen LogP contribution in [0.15, 0.2) is 12.4 Å². The number of aromatic nitrogens is 2. The Bertz CT molecular complexity index is 302. The molecule has 0 aromatic carbocycles. The molecule has 0 saturated heterocycles. The minimum atomic E-state index is 0.431. The Balaban J connectivity index is 2.50. The fourth-order valence-corrected chi connectivity index (χ4v) is 1.20. The van der Waals surface area contributed by atoms with Gasteiger partial charge in [-0.15, -0.1) is 0 Å². The number of anilines is 2. The summed E-state index contributed by atoms with van der Waals surface area (Å²) in [7, 11) is 1.93. The smallest absolute Gasteiger partial charge is 0.131 e. The van der Waals surface area contributed by atoms with Gasteiger partial charge in [-0.25, -0.2) is 9.97 Å². The molecule has 1 atom stereocenters. The highest BCUT2D eigenvalue weighted by atomic mass is 15.1. The van der Waals surface area contributed by atoms with Gasteiger partial charge in [-0.2, -0.15) is 0 Å². The van der Waals surface area contributed by atoms with Crippen LogP contribution in [0.25, 0.3) is 0 Å². The van der Waals surface area contributed by atoms with Crippen LogP contribution in [0.3, 0.4) is 0 Å². The summed E-state index contributed by atoms with van der Waals surface area (Å²) in [6.45, 7) is 6.05. The summed E-state index contributed by atoms with van der Waals surface area (Å²) in [6.07, 6.45) is 2.65. The van der Waals surface area contributed by atoms with Crippen LogP contribution in [0.5, 0.6) is 0 Å². The minimum absolute atomic E-state index is 0.431. The predicted octanol–water partition coefficient (Wildman–Crippen LogP) is 1.32. The molecule has 0 aliphatic carbocycles. The zero-order chi connectivity index (χ0) is 11.8. The van der Waals surface area contributed by atoms with E-state index in [2.05, 4.69) is 39.8 Å². The molecule has 90 valence electrons. The minimum Gasteiger partial charge on any atom is -0.369 e. The van der Waals surface area contributed by atoms with E-state index < -0.39 is 0 Å². The molecule has 1 unspecified atom stereocenters. The van der Waals surface area contributed by atoms with Crippen molar-refractivity contribution in [1.82, 2.24) is 15.3 Å². The van der Waals surface area contributed by atoms with Crippen LogP contribution in [0.1, 0.15) is 20.3 Å². The monoisotopic (exact) mass is 223 g/mol. The largest absolute Gasteiger partial charge is 0.369 e. The third-order valence-corrected chi connectivity index (χ3v) is 2.35. The summed E-state index contributed by atoms with van der Waals surface area (Å²) >= 11 is 0. The van der Waals surface area contributed by atoms with Crippen molar-refractivity contribution < 1.29 is 0 Å². The number of hydrogen-bond acceptors (Lipinski definition) is 5. The van der Waals surface area contributed by atoms with Crippen LogP contribution < -0.4 is 16.0 Å². The molecular formula is C11H21N5. The summed E-state index contributed by atoms with van der Waals surface area (Å²) in [5, 5.41) is 9.61. The molecule has 3 N–H and O–H groups in total. The first-order valence-electron chi connectivity index (χ1n) is 5.73. The SMILES string of the molecule is CCC(C)Nc1cc(NCCNC)ncn1. The second-order valence-electron chi connectivity index (χ2n) is 3.77. The first kappa shape index (κ1) is 12.7. The summed E-state index contributed by atoms with van der Waals surface area (Å²) in [6, 6.07) is 2.36. The highest BCUT2D eigenvalue weighted by Crippen LogP contribution is 2.10. The maximum atomic E-state index is 4.18. The quantitative estimate of drug-likeness (QED) is 0.609. The van der Waals surface area contributed by atoms with Crippen LogP contribution in [-0.4, -0.2) is 36.1 Å². The third kappa shape index (κ3) is 4.44. The topological polar surface area (TPSA) is 61.9 Å². The number of nitrogens with zero attached hydrogens (tertiary/aromatic N) is 2. The van der Waals surface area contributed by atoms with Crippen molar-refractivity contribution in [2.24, 2.45) is 0 Å². The van der Waals surface area contributed by atoms with Crippen molar-refractivity contribution in [1.29, 1.82) is 0 Å². The zero-order valence-corrected chi connectivity index (χ0v) is 10.2. The number of hydrogen-bond donors (Lipinski definition) is 3. The summed E-state index contributed by atoms with van der Waals surface area (Å²) in [5.41, 5.74) is 0.